The van der Waals surface area contributed by atoms with Crippen LogP contribution in [-0.4, -0.2) is 0 Å². The number of nitrogens with zero attached hydrogens (tertiary/aromatic N) is 1. The fourth-order valence-electron chi connectivity index (χ4n) is 11.0. The SMILES string of the molecule is c1ccc(C2(c3ccccc3)c3ccccc3-c3c(N(c4ccc(-c5cccc(-c6cccc7ccccc67)c5)cc4)c4ccc(-c5cccc6oc7ccccc7c56)cc4)cccc32)cc1. The molecule has 1 aliphatic rings. The molecule has 0 amide bonds. The van der Waals surface area contributed by atoms with Gasteiger partial charge in [-0.2, -0.15) is 0 Å². The first-order valence-electron chi connectivity index (χ1n) is 23.1. The molecule has 0 unspecified atom stereocenters. The molecule has 0 fully saturated rings. The maximum atomic E-state index is 6.32. The Labute approximate surface area is 390 Å². The fraction of sp³-hybridized carbons (Fsp3) is 0.0154. The highest BCUT2D eigenvalue weighted by Gasteiger charge is 2.47. The van der Waals surface area contributed by atoms with Crippen LogP contribution in [0.3, 0.4) is 0 Å². The molecule has 13 rings (SSSR count). The molecule has 0 radical (unpaired) electrons. The minimum Gasteiger partial charge on any atom is -0.456 e. The quantitative estimate of drug-likeness (QED) is 0.151. The normalized spacial score (nSPS) is 12.6. The van der Waals surface area contributed by atoms with Crippen LogP contribution in [0.1, 0.15) is 22.3 Å². The third-order valence-electron chi connectivity index (χ3n) is 14.0. The average Bonchev–Trinajstić information content (AvgIpc) is 3.94. The Morgan fingerprint density at radius 2 is 0.866 bits per heavy atom. The summed E-state index contributed by atoms with van der Waals surface area (Å²) in [5.41, 5.74) is 19.1. The zero-order valence-corrected chi connectivity index (χ0v) is 36.7. The standard InChI is InChI=1S/C65H43NO/c1-3-21-49(22-4-1)65(50-23-5-2-6-24-50)58-30-11-9-26-56(58)64-59(65)31-16-32-60(64)66(52-41-37-46(38-42-52)55-29-15-34-62-63(55)57-27-10-12-33-61(57)67-62)51-39-35-44(36-40-51)47-19-13-20-48(43-47)54-28-14-18-45-17-7-8-25-53(45)54/h1-43H. The molecule has 0 bridgehead atoms. The Hall–Kier alpha value is -8.72. The van der Waals surface area contributed by atoms with Crippen molar-refractivity contribution in [1.82, 2.24) is 0 Å². The molecular formula is C65H43NO. The Morgan fingerprint density at radius 3 is 1.64 bits per heavy atom. The highest BCUT2D eigenvalue weighted by atomic mass is 16.3. The molecule has 1 aromatic heterocycles. The van der Waals surface area contributed by atoms with Gasteiger partial charge in [-0.15, -0.1) is 0 Å². The molecule has 12 aromatic rings. The lowest BCUT2D eigenvalue weighted by atomic mass is 9.68. The van der Waals surface area contributed by atoms with Crippen molar-refractivity contribution >= 4 is 49.8 Å². The van der Waals surface area contributed by atoms with E-state index >= 15 is 0 Å². The van der Waals surface area contributed by atoms with Gasteiger partial charge in [-0.05, 0) is 121 Å². The van der Waals surface area contributed by atoms with Gasteiger partial charge in [0.25, 0.3) is 0 Å². The summed E-state index contributed by atoms with van der Waals surface area (Å²) < 4.78 is 6.32. The van der Waals surface area contributed by atoms with Crippen molar-refractivity contribution in [2.24, 2.45) is 0 Å². The first kappa shape index (κ1) is 38.7. The van der Waals surface area contributed by atoms with Crippen molar-refractivity contribution in [3.8, 4) is 44.5 Å². The smallest absolute Gasteiger partial charge is 0.136 e. The minimum atomic E-state index is -0.523. The molecule has 11 aromatic carbocycles. The predicted molar refractivity (Wildman–Crippen MR) is 280 cm³/mol. The molecule has 0 spiro atoms. The average molecular weight is 854 g/mol. The summed E-state index contributed by atoms with van der Waals surface area (Å²) in [6.45, 7) is 0. The van der Waals surface area contributed by atoms with Crippen LogP contribution in [-0.2, 0) is 5.41 Å². The fourth-order valence-corrected chi connectivity index (χ4v) is 11.0. The number of para-hydroxylation sites is 1. The number of benzene rings is 11. The Morgan fingerprint density at radius 1 is 0.328 bits per heavy atom. The van der Waals surface area contributed by atoms with E-state index in [2.05, 4.69) is 254 Å². The van der Waals surface area contributed by atoms with Gasteiger partial charge in [0.2, 0.25) is 0 Å². The number of furan rings is 1. The van der Waals surface area contributed by atoms with Crippen LogP contribution in [0.25, 0.3) is 77.2 Å². The summed E-state index contributed by atoms with van der Waals surface area (Å²) in [5, 5.41) is 4.77. The molecule has 1 aliphatic carbocycles. The van der Waals surface area contributed by atoms with E-state index < -0.39 is 5.41 Å². The van der Waals surface area contributed by atoms with Crippen LogP contribution in [0.15, 0.2) is 265 Å². The van der Waals surface area contributed by atoms with Gasteiger partial charge >= 0.3 is 0 Å². The second kappa shape index (κ2) is 15.8. The molecule has 67 heavy (non-hydrogen) atoms. The lowest BCUT2D eigenvalue weighted by Crippen LogP contribution is -2.28. The van der Waals surface area contributed by atoms with Crippen molar-refractivity contribution in [3.05, 3.63) is 283 Å². The van der Waals surface area contributed by atoms with Gasteiger partial charge < -0.3 is 9.32 Å². The number of fused-ring (bicyclic) bond motifs is 7. The molecule has 0 atom stereocenters. The van der Waals surface area contributed by atoms with E-state index in [9.17, 15) is 0 Å². The van der Waals surface area contributed by atoms with E-state index in [1.165, 1.54) is 60.8 Å². The summed E-state index contributed by atoms with van der Waals surface area (Å²) in [6.07, 6.45) is 0. The van der Waals surface area contributed by atoms with Gasteiger partial charge in [-0.1, -0.05) is 212 Å². The third-order valence-corrected chi connectivity index (χ3v) is 14.0. The van der Waals surface area contributed by atoms with Gasteiger partial charge in [0.1, 0.15) is 11.2 Å². The highest BCUT2D eigenvalue weighted by Crippen LogP contribution is 2.59. The molecule has 2 nitrogen and oxygen atoms in total. The molecule has 314 valence electrons. The van der Waals surface area contributed by atoms with Crippen LogP contribution in [0.2, 0.25) is 0 Å². The summed E-state index contributed by atoms with van der Waals surface area (Å²) in [4.78, 5) is 2.45. The van der Waals surface area contributed by atoms with Gasteiger partial charge in [-0.25, -0.2) is 0 Å². The summed E-state index contributed by atoms with van der Waals surface area (Å²) >= 11 is 0. The van der Waals surface area contributed by atoms with E-state index in [0.717, 1.165) is 55.7 Å². The lowest BCUT2D eigenvalue weighted by Gasteiger charge is -2.34. The van der Waals surface area contributed by atoms with E-state index in [0.29, 0.717) is 0 Å². The third kappa shape index (κ3) is 6.18. The molecule has 0 saturated carbocycles. The van der Waals surface area contributed by atoms with Gasteiger partial charge in [0, 0.05) is 27.7 Å². The highest BCUT2D eigenvalue weighted by molar-refractivity contribution is 6.12. The zero-order chi connectivity index (χ0) is 44.3. The topological polar surface area (TPSA) is 16.4 Å². The Kier molecular flexibility index (Phi) is 9.11. The number of hydrogen-bond acceptors (Lipinski definition) is 2. The van der Waals surface area contributed by atoms with Crippen molar-refractivity contribution in [2.75, 3.05) is 4.90 Å². The Bertz CT molecular complexity index is 3750. The van der Waals surface area contributed by atoms with Crippen molar-refractivity contribution in [3.63, 3.8) is 0 Å². The largest absolute Gasteiger partial charge is 0.456 e. The summed E-state index contributed by atoms with van der Waals surface area (Å²) in [5.74, 6) is 0. The minimum absolute atomic E-state index is 0.523. The zero-order valence-electron chi connectivity index (χ0n) is 36.7. The number of hydrogen-bond donors (Lipinski definition) is 0. The van der Waals surface area contributed by atoms with Crippen LogP contribution in [0, 0.1) is 0 Å². The molecule has 0 aliphatic heterocycles. The predicted octanol–water partition coefficient (Wildman–Crippen LogP) is 17.6. The van der Waals surface area contributed by atoms with Gasteiger partial charge in [-0.3, -0.25) is 0 Å². The molecule has 2 heteroatoms. The molecular weight excluding hydrogens is 811 g/mol. The van der Waals surface area contributed by atoms with E-state index in [1.807, 2.05) is 12.1 Å². The van der Waals surface area contributed by atoms with Crippen LogP contribution in [0.4, 0.5) is 17.1 Å². The first-order chi connectivity index (χ1) is 33.2. The maximum absolute atomic E-state index is 6.32. The molecule has 0 N–H and O–H groups in total. The summed E-state index contributed by atoms with van der Waals surface area (Å²) in [7, 11) is 0. The van der Waals surface area contributed by atoms with Crippen LogP contribution < -0.4 is 4.90 Å². The second-order valence-electron chi connectivity index (χ2n) is 17.5. The van der Waals surface area contributed by atoms with E-state index in [-0.39, 0.29) is 0 Å². The lowest BCUT2D eigenvalue weighted by molar-refractivity contribution is 0.669. The maximum Gasteiger partial charge on any atom is 0.136 e. The van der Waals surface area contributed by atoms with Gasteiger partial charge in [0.15, 0.2) is 0 Å². The monoisotopic (exact) mass is 853 g/mol. The first-order valence-corrected chi connectivity index (χ1v) is 23.1. The number of anilines is 3. The van der Waals surface area contributed by atoms with Crippen LogP contribution >= 0.6 is 0 Å². The van der Waals surface area contributed by atoms with E-state index in [1.54, 1.807) is 0 Å². The van der Waals surface area contributed by atoms with E-state index in [4.69, 9.17) is 4.42 Å². The van der Waals surface area contributed by atoms with Crippen molar-refractivity contribution < 1.29 is 4.42 Å². The number of rotatable bonds is 8. The second-order valence-corrected chi connectivity index (χ2v) is 17.5. The molecule has 0 saturated heterocycles. The van der Waals surface area contributed by atoms with Crippen molar-refractivity contribution in [2.45, 2.75) is 5.41 Å². The van der Waals surface area contributed by atoms with Crippen LogP contribution in [0.5, 0.6) is 0 Å². The van der Waals surface area contributed by atoms with Crippen molar-refractivity contribution in [1.29, 1.82) is 0 Å². The van der Waals surface area contributed by atoms with Gasteiger partial charge in [0.05, 0.1) is 11.1 Å². The Balaban J connectivity index is 0.991. The molecule has 1 heterocycles. The summed E-state index contributed by atoms with van der Waals surface area (Å²) in [6, 6.07) is 95.1.